The van der Waals surface area contributed by atoms with E-state index in [4.69, 9.17) is 4.52 Å². The summed E-state index contributed by atoms with van der Waals surface area (Å²) in [6.07, 6.45) is 2.99. The Balaban J connectivity index is 1.38. The van der Waals surface area contributed by atoms with Gasteiger partial charge in [-0.25, -0.2) is 24.3 Å². The van der Waals surface area contributed by atoms with Crippen molar-refractivity contribution in [3.05, 3.63) is 60.5 Å². The Labute approximate surface area is 212 Å². The fourth-order valence-electron chi connectivity index (χ4n) is 3.97. The zero-order valence-corrected chi connectivity index (χ0v) is 20.5. The number of fused-ring (bicyclic) bond motifs is 1. The zero-order valence-electron chi connectivity index (χ0n) is 20.5. The van der Waals surface area contributed by atoms with Crippen LogP contribution in [0.4, 0.5) is 27.7 Å². The van der Waals surface area contributed by atoms with Crippen LogP contribution in [-0.2, 0) is 0 Å². The highest BCUT2D eigenvalue weighted by Gasteiger charge is 2.20. The highest BCUT2D eigenvalue weighted by molar-refractivity contribution is 6.04. The Morgan fingerprint density at radius 2 is 1.97 bits per heavy atom. The summed E-state index contributed by atoms with van der Waals surface area (Å²) in [5, 5.41) is 9.41. The SMILES string of the molecule is C=C(C)c1cc(NC(=O)c2ccc(F)c(Nc3ncnc4cnc(N5CCN(CC)CC5)nc34)c2)no1. The number of carbonyl (C=O) groups is 1. The summed E-state index contributed by atoms with van der Waals surface area (Å²) in [6.45, 7) is 12.2. The van der Waals surface area contributed by atoms with Gasteiger partial charge in [0, 0.05) is 37.8 Å². The third-order valence-corrected chi connectivity index (χ3v) is 6.12. The van der Waals surface area contributed by atoms with Crippen molar-refractivity contribution in [1.29, 1.82) is 0 Å². The third kappa shape index (κ3) is 5.23. The second-order valence-corrected chi connectivity index (χ2v) is 8.68. The predicted octanol–water partition coefficient (Wildman–Crippen LogP) is 3.72. The molecule has 37 heavy (non-hydrogen) atoms. The van der Waals surface area contributed by atoms with E-state index in [1.165, 1.54) is 24.5 Å². The Morgan fingerprint density at radius 3 is 2.70 bits per heavy atom. The highest BCUT2D eigenvalue weighted by atomic mass is 19.1. The van der Waals surface area contributed by atoms with Crippen LogP contribution in [0.5, 0.6) is 0 Å². The van der Waals surface area contributed by atoms with Crippen molar-refractivity contribution in [2.45, 2.75) is 13.8 Å². The molecule has 0 aliphatic carbocycles. The molecule has 11 nitrogen and oxygen atoms in total. The first kappa shape index (κ1) is 24.3. The van der Waals surface area contributed by atoms with E-state index in [2.05, 4.69) is 59.0 Å². The molecule has 1 aliphatic heterocycles. The summed E-state index contributed by atoms with van der Waals surface area (Å²) < 4.78 is 19.9. The minimum Gasteiger partial charge on any atom is -0.354 e. The first-order valence-corrected chi connectivity index (χ1v) is 11.9. The van der Waals surface area contributed by atoms with Gasteiger partial charge in [-0.2, -0.15) is 0 Å². The molecule has 190 valence electrons. The molecule has 12 heteroatoms. The maximum atomic E-state index is 14.8. The quantitative estimate of drug-likeness (QED) is 0.385. The van der Waals surface area contributed by atoms with Crippen molar-refractivity contribution in [3.8, 4) is 0 Å². The number of halogens is 1. The maximum Gasteiger partial charge on any atom is 0.256 e. The minimum absolute atomic E-state index is 0.0622. The number of aromatic nitrogens is 5. The molecule has 1 aromatic carbocycles. The van der Waals surface area contributed by atoms with Crippen molar-refractivity contribution < 1.29 is 13.7 Å². The number of benzene rings is 1. The van der Waals surface area contributed by atoms with Gasteiger partial charge in [-0.3, -0.25) is 4.79 Å². The molecule has 0 unspecified atom stereocenters. The van der Waals surface area contributed by atoms with Gasteiger partial charge in [-0.05, 0) is 37.2 Å². The molecule has 0 bridgehead atoms. The van der Waals surface area contributed by atoms with E-state index in [0.29, 0.717) is 34.1 Å². The number of hydrogen-bond acceptors (Lipinski definition) is 10. The molecule has 0 radical (unpaired) electrons. The van der Waals surface area contributed by atoms with Gasteiger partial charge in [0.15, 0.2) is 17.4 Å². The summed E-state index contributed by atoms with van der Waals surface area (Å²) in [7, 11) is 0. The van der Waals surface area contributed by atoms with Crippen LogP contribution in [0.25, 0.3) is 16.6 Å². The predicted molar refractivity (Wildman–Crippen MR) is 138 cm³/mol. The lowest BCUT2D eigenvalue weighted by atomic mass is 10.1. The first-order valence-electron chi connectivity index (χ1n) is 11.9. The second kappa shape index (κ2) is 10.3. The topological polar surface area (TPSA) is 125 Å². The van der Waals surface area contributed by atoms with E-state index in [9.17, 15) is 9.18 Å². The van der Waals surface area contributed by atoms with Gasteiger partial charge < -0.3 is 25.0 Å². The van der Waals surface area contributed by atoms with Crippen LogP contribution in [0.3, 0.4) is 0 Å². The van der Waals surface area contributed by atoms with Crippen molar-refractivity contribution in [2.24, 2.45) is 0 Å². The largest absolute Gasteiger partial charge is 0.354 e. The molecule has 0 spiro atoms. The molecule has 1 saturated heterocycles. The molecule has 5 rings (SSSR count). The number of piperazine rings is 1. The Hall–Kier alpha value is -4.45. The van der Waals surface area contributed by atoms with Gasteiger partial charge in [0.2, 0.25) is 5.95 Å². The fraction of sp³-hybridized carbons (Fsp3) is 0.280. The summed E-state index contributed by atoms with van der Waals surface area (Å²) in [5.74, 6) is 0.525. The lowest BCUT2D eigenvalue weighted by molar-refractivity contribution is 0.102. The number of anilines is 4. The van der Waals surface area contributed by atoms with Gasteiger partial charge >= 0.3 is 0 Å². The third-order valence-electron chi connectivity index (χ3n) is 6.12. The van der Waals surface area contributed by atoms with E-state index in [1.54, 1.807) is 19.2 Å². The lowest BCUT2D eigenvalue weighted by Gasteiger charge is -2.34. The highest BCUT2D eigenvalue weighted by Crippen LogP contribution is 2.26. The van der Waals surface area contributed by atoms with E-state index in [1.807, 2.05) is 0 Å². The van der Waals surface area contributed by atoms with Crippen molar-refractivity contribution in [3.63, 3.8) is 0 Å². The number of hydrogen-bond donors (Lipinski definition) is 2. The van der Waals surface area contributed by atoms with E-state index in [-0.39, 0.29) is 17.1 Å². The first-order chi connectivity index (χ1) is 17.9. The standard InChI is InChI=1S/C25H26FN9O2/c1-4-34-7-9-35(10-8-34)25-27-13-19-22(32-25)23(29-14-28-19)30-18-11-16(5-6-17(18)26)24(36)31-21-12-20(15(2)3)37-33-21/h5-6,11-14H,2,4,7-10H2,1,3H3,(H,28,29,30)(H,31,33,36). The second-order valence-electron chi connectivity index (χ2n) is 8.68. The Bertz CT molecular complexity index is 1460. The molecule has 1 aliphatic rings. The van der Waals surface area contributed by atoms with E-state index >= 15 is 0 Å². The molecule has 4 aromatic rings. The minimum atomic E-state index is -0.556. The van der Waals surface area contributed by atoms with Gasteiger partial charge in [-0.1, -0.05) is 18.7 Å². The van der Waals surface area contributed by atoms with Crippen LogP contribution in [0, 0.1) is 5.82 Å². The molecule has 0 atom stereocenters. The number of nitrogens with zero attached hydrogens (tertiary/aromatic N) is 7. The monoisotopic (exact) mass is 503 g/mol. The molecular formula is C25H26FN9O2. The molecule has 1 fully saturated rings. The lowest BCUT2D eigenvalue weighted by Crippen LogP contribution is -2.46. The summed E-state index contributed by atoms with van der Waals surface area (Å²) in [4.78, 5) is 34.9. The molecule has 1 amide bonds. The fourth-order valence-corrected chi connectivity index (χ4v) is 3.97. The molecule has 2 N–H and O–H groups in total. The number of rotatable bonds is 7. The van der Waals surface area contributed by atoms with Crippen molar-refractivity contribution >= 4 is 45.8 Å². The molecule has 4 heterocycles. The molecule has 3 aromatic heterocycles. The van der Waals surface area contributed by atoms with Gasteiger partial charge in [0.05, 0.1) is 11.9 Å². The number of allylic oxidation sites excluding steroid dienone is 1. The van der Waals surface area contributed by atoms with Crippen LogP contribution in [0.2, 0.25) is 0 Å². The van der Waals surface area contributed by atoms with Crippen LogP contribution in [0.15, 0.2) is 47.9 Å². The average Bonchev–Trinajstić information content (AvgIpc) is 3.39. The average molecular weight is 504 g/mol. The zero-order chi connectivity index (χ0) is 25.9. The maximum absolute atomic E-state index is 14.8. The smallest absolute Gasteiger partial charge is 0.256 e. The van der Waals surface area contributed by atoms with Crippen molar-refractivity contribution in [2.75, 3.05) is 48.3 Å². The molecule has 0 saturated carbocycles. The summed E-state index contributed by atoms with van der Waals surface area (Å²) in [5.41, 5.74) is 1.92. The van der Waals surface area contributed by atoms with Gasteiger partial charge in [-0.15, -0.1) is 0 Å². The van der Waals surface area contributed by atoms with Crippen molar-refractivity contribution in [1.82, 2.24) is 30.0 Å². The van der Waals surface area contributed by atoms with Crippen LogP contribution < -0.4 is 15.5 Å². The number of nitrogens with one attached hydrogen (secondary N) is 2. The Kier molecular flexibility index (Phi) is 6.73. The van der Waals surface area contributed by atoms with E-state index in [0.717, 1.165) is 32.7 Å². The van der Waals surface area contributed by atoms with Gasteiger partial charge in [0.1, 0.15) is 23.2 Å². The normalized spacial score (nSPS) is 14.1. The van der Waals surface area contributed by atoms with Gasteiger partial charge in [0.25, 0.3) is 5.91 Å². The van der Waals surface area contributed by atoms with E-state index < -0.39 is 11.7 Å². The van der Waals surface area contributed by atoms with Crippen LogP contribution in [0.1, 0.15) is 30.0 Å². The van der Waals surface area contributed by atoms with Crippen LogP contribution in [-0.4, -0.2) is 68.6 Å². The Morgan fingerprint density at radius 1 is 1.16 bits per heavy atom. The summed E-state index contributed by atoms with van der Waals surface area (Å²) >= 11 is 0. The number of carbonyl (C=O) groups excluding carboxylic acids is 1. The number of amides is 1. The molecular weight excluding hydrogens is 477 g/mol. The van der Waals surface area contributed by atoms with Crippen LogP contribution >= 0.6 is 0 Å². The summed E-state index contributed by atoms with van der Waals surface area (Å²) in [6, 6.07) is 5.54. The number of likely N-dealkylation sites (N-methyl/N-ethyl adjacent to an activating group) is 1.